The molecule has 0 heterocycles. The Morgan fingerprint density at radius 1 is 1.29 bits per heavy atom. The van der Waals surface area contributed by atoms with Crippen LogP contribution in [-0.2, 0) is 6.42 Å². The molecule has 0 aliphatic carbocycles. The smallest absolute Gasteiger partial charge is 0.206 e. The molecule has 0 saturated heterocycles. The van der Waals surface area contributed by atoms with Gasteiger partial charge in [-0.3, -0.25) is 0 Å². The summed E-state index contributed by atoms with van der Waals surface area (Å²) >= 11 is 5.46. The Balaban J connectivity index is 2.78. The van der Waals surface area contributed by atoms with Crippen molar-refractivity contribution in [1.82, 2.24) is 0 Å². The largest absolute Gasteiger partial charge is 0.266 e. The SMILES string of the molecule is Fc1cc(CCCCl)ccc1C(F)F. The van der Waals surface area contributed by atoms with E-state index in [0.29, 0.717) is 17.9 Å². The molecular formula is C10H10ClF3. The summed E-state index contributed by atoms with van der Waals surface area (Å²) in [6.07, 6.45) is -1.42. The molecule has 0 bridgehead atoms. The highest BCUT2D eigenvalue weighted by Crippen LogP contribution is 2.22. The number of hydrogen-bond acceptors (Lipinski definition) is 0. The van der Waals surface area contributed by atoms with Crippen LogP contribution in [0.5, 0.6) is 0 Å². The first-order chi connectivity index (χ1) is 6.65. The second kappa shape index (κ2) is 5.25. The highest BCUT2D eigenvalue weighted by Gasteiger charge is 2.12. The Labute approximate surface area is 85.7 Å². The molecule has 0 aromatic heterocycles. The van der Waals surface area contributed by atoms with Gasteiger partial charge in [-0.05, 0) is 24.5 Å². The molecule has 0 N–H and O–H groups in total. The quantitative estimate of drug-likeness (QED) is 0.677. The third-order valence-corrected chi connectivity index (χ3v) is 2.17. The summed E-state index contributed by atoms with van der Waals surface area (Å²) in [6, 6.07) is 3.79. The minimum atomic E-state index is -2.75. The topological polar surface area (TPSA) is 0 Å². The zero-order valence-corrected chi connectivity index (χ0v) is 8.20. The lowest BCUT2D eigenvalue weighted by Crippen LogP contribution is -1.94. The van der Waals surface area contributed by atoms with E-state index in [2.05, 4.69) is 0 Å². The molecular weight excluding hydrogens is 213 g/mol. The van der Waals surface area contributed by atoms with Crippen LogP contribution in [0.2, 0.25) is 0 Å². The van der Waals surface area contributed by atoms with E-state index >= 15 is 0 Å². The normalized spacial score (nSPS) is 10.9. The Morgan fingerprint density at radius 3 is 2.50 bits per heavy atom. The highest BCUT2D eigenvalue weighted by molar-refractivity contribution is 6.17. The summed E-state index contributed by atoms with van der Waals surface area (Å²) in [5.74, 6) is -0.356. The summed E-state index contributed by atoms with van der Waals surface area (Å²) in [5, 5.41) is 0. The molecule has 0 spiro atoms. The van der Waals surface area contributed by atoms with Crippen LogP contribution in [0.25, 0.3) is 0 Å². The van der Waals surface area contributed by atoms with Crippen LogP contribution in [0.1, 0.15) is 24.0 Å². The number of rotatable bonds is 4. The molecule has 0 aliphatic heterocycles. The summed E-state index contributed by atoms with van der Waals surface area (Å²) in [6.45, 7) is 0. The maximum Gasteiger partial charge on any atom is 0.266 e. The van der Waals surface area contributed by atoms with Crippen LogP contribution in [-0.4, -0.2) is 5.88 Å². The first-order valence-electron chi connectivity index (χ1n) is 4.27. The van der Waals surface area contributed by atoms with Gasteiger partial charge in [0, 0.05) is 5.88 Å². The molecule has 0 amide bonds. The predicted octanol–water partition coefficient (Wildman–Crippen LogP) is 3.93. The lowest BCUT2D eigenvalue weighted by molar-refractivity contribution is 0.146. The summed E-state index contributed by atoms with van der Waals surface area (Å²) in [5.41, 5.74) is 0.159. The van der Waals surface area contributed by atoms with E-state index in [4.69, 9.17) is 11.6 Å². The molecule has 4 heteroatoms. The number of aryl methyl sites for hydroxylation is 1. The van der Waals surface area contributed by atoms with Crippen molar-refractivity contribution in [2.75, 3.05) is 5.88 Å². The van der Waals surface area contributed by atoms with Crippen LogP contribution in [0.15, 0.2) is 18.2 Å². The molecule has 0 unspecified atom stereocenters. The molecule has 0 aliphatic rings. The van der Waals surface area contributed by atoms with E-state index in [0.717, 1.165) is 18.6 Å². The highest BCUT2D eigenvalue weighted by atomic mass is 35.5. The van der Waals surface area contributed by atoms with Gasteiger partial charge in [-0.1, -0.05) is 12.1 Å². The summed E-state index contributed by atoms with van der Waals surface area (Å²) in [4.78, 5) is 0. The van der Waals surface area contributed by atoms with Gasteiger partial charge < -0.3 is 0 Å². The number of hydrogen-bond donors (Lipinski definition) is 0. The fraction of sp³-hybridized carbons (Fsp3) is 0.400. The van der Waals surface area contributed by atoms with Crippen molar-refractivity contribution in [3.8, 4) is 0 Å². The first kappa shape index (κ1) is 11.4. The number of halogens is 4. The monoisotopic (exact) mass is 222 g/mol. The third-order valence-electron chi connectivity index (χ3n) is 1.90. The van der Waals surface area contributed by atoms with E-state index in [1.165, 1.54) is 6.07 Å². The van der Waals surface area contributed by atoms with Gasteiger partial charge in [-0.25, -0.2) is 13.2 Å². The van der Waals surface area contributed by atoms with E-state index in [-0.39, 0.29) is 0 Å². The standard InChI is InChI=1S/C10H10ClF3/c11-5-1-2-7-3-4-8(10(13)14)9(12)6-7/h3-4,6,10H,1-2,5H2. The van der Waals surface area contributed by atoms with E-state index in [1.54, 1.807) is 0 Å². The molecule has 1 rings (SSSR count). The van der Waals surface area contributed by atoms with Crippen LogP contribution < -0.4 is 0 Å². The Morgan fingerprint density at radius 2 is 2.00 bits per heavy atom. The maximum absolute atomic E-state index is 13.0. The van der Waals surface area contributed by atoms with Crippen molar-refractivity contribution in [1.29, 1.82) is 0 Å². The first-order valence-corrected chi connectivity index (χ1v) is 4.81. The van der Waals surface area contributed by atoms with Gasteiger partial charge in [0.15, 0.2) is 0 Å². The average Bonchev–Trinajstić information content (AvgIpc) is 2.14. The van der Waals surface area contributed by atoms with E-state index in [1.807, 2.05) is 0 Å². The Bertz CT molecular complexity index is 299. The fourth-order valence-electron chi connectivity index (χ4n) is 1.17. The van der Waals surface area contributed by atoms with Gasteiger partial charge in [-0.2, -0.15) is 0 Å². The van der Waals surface area contributed by atoms with E-state index in [9.17, 15) is 13.2 Å². The fourth-order valence-corrected chi connectivity index (χ4v) is 1.31. The number of alkyl halides is 3. The molecule has 14 heavy (non-hydrogen) atoms. The van der Waals surface area contributed by atoms with Crippen molar-refractivity contribution in [3.63, 3.8) is 0 Å². The van der Waals surface area contributed by atoms with Gasteiger partial charge in [0.2, 0.25) is 0 Å². The summed E-state index contributed by atoms with van der Waals surface area (Å²) < 4.78 is 37.3. The van der Waals surface area contributed by atoms with Crippen LogP contribution >= 0.6 is 11.6 Å². The predicted molar refractivity (Wildman–Crippen MR) is 50.4 cm³/mol. The Kier molecular flexibility index (Phi) is 4.26. The van der Waals surface area contributed by atoms with Gasteiger partial charge >= 0.3 is 0 Å². The van der Waals surface area contributed by atoms with Crippen molar-refractivity contribution in [2.24, 2.45) is 0 Å². The lowest BCUT2D eigenvalue weighted by atomic mass is 10.1. The molecule has 0 radical (unpaired) electrons. The minimum Gasteiger partial charge on any atom is -0.206 e. The van der Waals surface area contributed by atoms with Crippen molar-refractivity contribution in [2.45, 2.75) is 19.3 Å². The van der Waals surface area contributed by atoms with Gasteiger partial charge in [0.25, 0.3) is 6.43 Å². The number of benzene rings is 1. The lowest BCUT2D eigenvalue weighted by Gasteiger charge is -2.04. The second-order valence-corrected chi connectivity index (χ2v) is 3.33. The van der Waals surface area contributed by atoms with Crippen molar-refractivity contribution < 1.29 is 13.2 Å². The van der Waals surface area contributed by atoms with Crippen LogP contribution in [0, 0.1) is 5.82 Å². The van der Waals surface area contributed by atoms with Gasteiger partial charge in [0.05, 0.1) is 5.56 Å². The Hall–Kier alpha value is -0.700. The molecule has 1 aromatic carbocycles. The zero-order valence-electron chi connectivity index (χ0n) is 7.44. The maximum atomic E-state index is 13.0. The molecule has 1 aromatic rings. The van der Waals surface area contributed by atoms with Gasteiger partial charge in [-0.15, -0.1) is 11.6 Å². The van der Waals surface area contributed by atoms with Crippen molar-refractivity contribution in [3.05, 3.63) is 35.1 Å². The van der Waals surface area contributed by atoms with Gasteiger partial charge in [0.1, 0.15) is 5.82 Å². The van der Waals surface area contributed by atoms with Crippen LogP contribution in [0.3, 0.4) is 0 Å². The molecule has 78 valence electrons. The molecule has 0 fully saturated rings. The average molecular weight is 223 g/mol. The molecule has 0 nitrogen and oxygen atoms in total. The van der Waals surface area contributed by atoms with E-state index < -0.39 is 17.8 Å². The minimum absolute atomic E-state index is 0.484. The zero-order chi connectivity index (χ0) is 10.6. The molecule has 0 saturated carbocycles. The molecule has 0 atom stereocenters. The van der Waals surface area contributed by atoms with Crippen molar-refractivity contribution >= 4 is 11.6 Å². The second-order valence-electron chi connectivity index (χ2n) is 2.95. The third kappa shape index (κ3) is 2.91. The summed E-state index contributed by atoms with van der Waals surface area (Å²) in [7, 11) is 0. The van der Waals surface area contributed by atoms with Crippen LogP contribution in [0.4, 0.5) is 13.2 Å².